The maximum atomic E-state index is 13.3. The molecule has 2 aromatic heterocycles. The fraction of sp³-hybridized carbons (Fsp3) is 0.148. The highest BCUT2D eigenvalue weighted by Crippen LogP contribution is 2.43. The summed E-state index contributed by atoms with van der Waals surface area (Å²) in [6.45, 7) is 2.00. The molecule has 4 aromatic rings. The van der Waals surface area contributed by atoms with Gasteiger partial charge < -0.3 is 20.0 Å². The molecule has 3 amide bonds. The van der Waals surface area contributed by atoms with Crippen molar-refractivity contribution in [3.63, 3.8) is 0 Å². The molecule has 1 aliphatic rings. The zero-order valence-electron chi connectivity index (χ0n) is 18.9. The van der Waals surface area contributed by atoms with Crippen LogP contribution in [0.3, 0.4) is 0 Å². The minimum Gasteiger partial charge on any atom is -0.459 e. The minimum atomic E-state index is -0.541. The molecular formula is C27H23N3O4S. The lowest BCUT2D eigenvalue weighted by molar-refractivity contribution is -0.122. The second-order valence-electron chi connectivity index (χ2n) is 8.37. The molecule has 1 saturated heterocycles. The number of carbonyl (C=O) groups is 3. The Morgan fingerprint density at radius 1 is 0.943 bits per heavy atom. The molecule has 1 fully saturated rings. The lowest BCUT2D eigenvalue weighted by atomic mass is 9.97. The Kier molecular flexibility index (Phi) is 6.20. The lowest BCUT2D eigenvalue weighted by Gasteiger charge is -2.27. The van der Waals surface area contributed by atoms with E-state index in [1.54, 1.807) is 41.3 Å². The molecule has 5 rings (SSSR count). The Hall–Kier alpha value is -4.17. The van der Waals surface area contributed by atoms with Crippen molar-refractivity contribution in [2.75, 3.05) is 15.5 Å². The molecule has 1 aliphatic heterocycles. The number of benzene rings is 2. The van der Waals surface area contributed by atoms with Crippen LogP contribution in [0.1, 0.15) is 33.5 Å². The molecule has 2 aromatic carbocycles. The maximum absolute atomic E-state index is 13.3. The molecule has 176 valence electrons. The van der Waals surface area contributed by atoms with Crippen LogP contribution >= 0.6 is 11.3 Å². The van der Waals surface area contributed by atoms with E-state index < -0.39 is 5.92 Å². The second kappa shape index (κ2) is 9.60. The number of rotatable bonds is 6. The van der Waals surface area contributed by atoms with E-state index in [1.807, 2.05) is 48.7 Å². The fourth-order valence-corrected chi connectivity index (χ4v) is 5.12. The summed E-state index contributed by atoms with van der Waals surface area (Å²) in [6, 6.07) is 21.3. The van der Waals surface area contributed by atoms with Crippen molar-refractivity contribution in [1.29, 1.82) is 0 Å². The first-order chi connectivity index (χ1) is 17.0. The van der Waals surface area contributed by atoms with E-state index in [2.05, 4.69) is 10.6 Å². The van der Waals surface area contributed by atoms with Crippen LogP contribution in [0, 0.1) is 12.8 Å². The third-order valence-electron chi connectivity index (χ3n) is 5.96. The number of hydrogen-bond acceptors (Lipinski definition) is 5. The summed E-state index contributed by atoms with van der Waals surface area (Å²) in [5.41, 5.74) is 3.04. The van der Waals surface area contributed by atoms with Crippen LogP contribution in [0.15, 0.2) is 88.9 Å². The van der Waals surface area contributed by atoms with Gasteiger partial charge in [-0.05, 0) is 66.9 Å². The number of furan rings is 1. The first-order valence-electron chi connectivity index (χ1n) is 11.2. The van der Waals surface area contributed by atoms with Gasteiger partial charge in [-0.25, -0.2) is 0 Å². The van der Waals surface area contributed by atoms with Crippen molar-refractivity contribution in [1.82, 2.24) is 0 Å². The summed E-state index contributed by atoms with van der Waals surface area (Å²) in [5, 5.41) is 7.64. The van der Waals surface area contributed by atoms with Crippen molar-refractivity contribution in [2.45, 2.75) is 19.4 Å². The molecule has 0 aliphatic carbocycles. The van der Waals surface area contributed by atoms with E-state index in [4.69, 9.17) is 4.42 Å². The van der Waals surface area contributed by atoms with Gasteiger partial charge in [0.2, 0.25) is 11.8 Å². The summed E-state index contributed by atoms with van der Waals surface area (Å²) in [7, 11) is 0. The Balaban J connectivity index is 1.33. The summed E-state index contributed by atoms with van der Waals surface area (Å²) in [5.74, 6) is -0.986. The van der Waals surface area contributed by atoms with Crippen molar-refractivity contribution >= 4 is 46.1 Å². The van der Waals surface area contributed by atoms with Crippen LogP contribution < -0.4 is 15.5 Å². The van der Waals surface area contributed by atoms with Crippen molar-refractivity contribution in [3.8, 4) is 0 Å². The highest BCUT2D eigenvalue weighted by molar-refractivity contribution is 7.10. The van der Waals surface area contributed by atoms with E-state index in [-0.39, 0.29) is 35.9 Å². The standard InChI is InChI=1S/C27H23N3O4S/c1-17-6-12-20(13-7-17)30-24(31)16-21(25(30)23-5-3-15-35-23)26(32)28-18-8-10-19(11-9-18)29-27(33)22-4-2-14-34-22/h2-15,21,25H,16H2,1H3,(H,28,32)(H,29,33). The van der Waals surface area contributed by atoms with Gasteiger partial charge in [0.15, 0.2) is 5.76 Å². The van der Waals surface area contributed by atoms with Gasteiger partial charge in [0.1, 0.15) is 0 Å². The van der Waals surface area contributed by atoms with Gasteiger partial charge in [0.05, 0.1) is 18.2 Å². The van der Waals surface area contributed by atoms with Crippen molar-refractivity contribution in [2.24, 2.45) is 5.92 Å². The van der Waals surface area contributed by atoms with Crippen LogP contribution in [0.5, 0.6) is 0 Å². The predicted molar refractivity (Wildman–Crippen MR) is 136 cm³/mol. The van der Waals surface area contributed by atoms with E-state index in [0.29, 0.717) is 11.4 Å². The number of amides is 3. The summed E-state index contributed by atoms with van der Waals surface area (Å²) in [4.78, 5) is 41.3. The molecular weight excluding hydrogens is 462 g/mol. The molecule has 8 heteroatoms. The van der Waals surface area contributed by atoms with Crippen molar-refractivity contribution in [3.05, 3.63) is 101 Å². The maximum Gasteiger partial charge on any atom is 0.291 e. The molecule has 3 heterocycles. The van der Waals surface area contributed by atoms with E-state index >= 15 is 0 Å². The summed E-state index contributed by atoms with van der Waals surface area (Å²) in [6.07, 6.45) is 1.56. The molecule has 2 unspecified atom stereocenters. The number of nitrogens with one attached hydrogen (secondary N) is 2. The highest BCUT2D eigenvalue weighted by atomic mass is 32.1. The number of carbonyl (C=O) groups excluding carboxylic acids is 3. The zero-order chi connectivity index (χ0) is 24.4. The van der Waals surface area contributed by atoms with Gasteiger partial charge in [0.25, 0.3) is 5.91 Å². The van der Waals surface area contributed by atoms with Gasteiger partial charge in [-0.15, -0.1) is 11.3 Å². The van der Waals surface area contributed by atoms with Crippen LogP contribution in [-0.4, -0.2) is 17.7 Å². The average molecular weight is 486 g/mol. The Morgan fingerprint density at radius 2 is 1.66 bits per heavy atom. The predicted octanol–water partition coefficient (Wildman–Crippen LogP) is 5.63. The zero-order valence-corrected chi connectivity index (χ0v) is 19.7. The minimum absolute atomic E-state index is 0.0802. The van der Waals surface area contributed by atoms with E-state index in [1.165, 1.54) is 17.6 Å². The lowest BCUT2D eigenvalue weighted by Crippen LogP contribution is -2.32. The molecule has 0 radical (unpaired) electrons. The van der Waals surface area contributed by atoms with E-state index in [0.717, 1.165) is 16.1 Å². The topological polar surface area (TPSA) is 91.7 Å². The molecule has 2 N–H and O–H groups in total. The number of anilines is 3. The Morgan fingerprint density at radius 3 is 2.29 bits per heavy atom. The molecule has 2 atom stereocenters. The number of nitrogens with zero attached hydrogens (tertiary/aromatic N) is 1. The summed E-state index contributed by atoms with van der Waals surface area (Å²) >= 11 is 1.54. The highest BCUT2D eigenvalue weighted by Gasteiger charge is 2.45. The Bertz CT molecular complexity index is 1330. The molecule has 0 bridgehead atoms. The Labute approximate surface area is 206 Å². The monoisotopic (exact) mass is 485 g/mol. The van der Waals surface area contributed by atoms with Crippen LogP contribution in [0.25, 0.3) is 0 Å². The molecule has 35 heavy (non-hydrogen) atoms. The largest absolute Gasteiger partial charge is 0.459 e. The van der Waals surface area contributed by atoms with Gasteiger partial charge in [-0.3, -0.25) is 14.4 Å². The normalized spacial score (nSPS) is 17.4. The average Bonchev–Trinajstić information content (AvgIpc) is 3.62. The van der Waals surface area contributed by atoms with Crippen molar-refractivity contribution < 1.29 is 18.8 Å². The van der Waals surface area contributed by atoms with Gasteiger partial charge in [-0.1, -0.05) is 23.8 Å². The smallest absolute Gasteiger partial charge is 0.291 e. The third-order valence-corrected chi connectivity index (χ3v) is 6.90. The third kappa shape index (κ3) is 4.74. The first-order valence-corrected chi connectivity index (χ1v) is 12.1. The number of hydrogen-bond donors (Lipinski definition) is 2. The summed E-state index contributed by atoms with van der Waals surface area (Å²) < 4.78 is 5.10. The van der Waals surface area contributed by atoms with Crippen LogP contribution in [0.4, 0.5) is 17.1 Å². The quantitative estimate of drug-likeness (QED) is 0.370. The molecule has 7 nitrogen and oxygen atoms in total. The SMILES string of the molecule is Cc1ccc(N2C(=O)CC(C(=O)Nc3ccc(NC(=O)c4ccco4)cc3)C2c2cccs2)cc1. The van der Waals surface area contributed by atoms with Crippen LogP contribution in [-0.2, 0) is 9.59 Å². The van der Waals surface area contributed by atoms with Gasteiger partial charge in [0, 0.05) is 28.4 Å². The van der Waals surface area contributed by atoms with Crippen LogP contribution in [0.2, 0.25) is 0 Å². The second-order valence-corrected chi connectivity index (χ2v) is 9.35. The molecule has 0 saturated carbocycles. The number of aryl methyl sites for hydroxylation is 1. The van der Waals surface area contributed by atoms with Gasteiger partial charge >= 0.3 is 0 Å². The van der Waals surface area contributed by atoms with E-state index in [9.17, 15) is 14.4 Å². The molecule has 0 spiro atoms. The fourth-order valence-electron chi connectivity index (χ4n) is 4.24. The first kappa shape index (κ1) is 22.6. The van der Waals surface area contributed by atoms with Gasteiger partial charge in [-0.2, -0.15) is 0 Å². The number of thiophene rings is 1.